The van der Waals surface area contributed by atoms with E-state index >= 15 is 0 Å². The molecular weight excluding hydrogens is 218 g/mol. The third-order valence-corrected chi connectivity index (χ3v) is 3.01. The molecule has 0 bridgehead atoms. The minimum atomic E-state index is -0.0898. The Hall–Kier alpha value is -1.10. The van der Waals surface area contributed by atoms with Crippen molar-refractivity contribution in [3.8, 4) is 0 Å². The fraction of sp³-hybridized carbons (Fsp3) is 0.833. The Bertz CT molecular complexity index is 268. The lowest BCUT2D eigenvalue weighted by Gasteiger charge is -2.27. The Labute approximate surface area is 103 Å². The maximum atomic E-state index is 11.8. The molecule has 0 aliphatic carbocycles. The van der Waals surface area contributed by atoms with Crippen LogP contribution in [0.3, 0.4) is 0 Å². The monoisotopic (exact) mass is 241 g/mol. The molecule has 2 amide bonds. The first-order valence-corrected chi connectivity index (χ1v) is 6.41. The van der Waals surface area contributed by atoms with E-state index in [0.717, 1.165) is 19.4 Å². The molecule has 1 saturated heterocycles. The largest absolute Gasteiger partial charge is 0.356 e. The van der Waals surface area contributed by atoms with Crippen molar-refractivity contribution >= 4 is 11.8 Å². The second-order valence-electron chi connectivity index (χ2n) is 4.63. The van der Waals surface area contributed by atoms with Gasteiger partial charge in [-0.3, -0.25) is 9.59 Å². The number of piperidine rings is 1. The van der Waals surface area contributed by atoms with Crippen LogP contribution in [-0.2, 0) is 9.59 Å². The average Bonchev–Trinajstić information content (AvgIpc) is 2.29. The molecule has 0 radical (unpaired) electrons. The first kappa shape index (κ1) is 14.0. The van der Waals surface area contributed by atoms with Crippen LogP contribution in [0, 0.1) is 5.92 Å². The van der Waals surface area contributed by atoms with E-state index in [1.165, 1.54) is 0 Å². The van der Waals surface area contributed by atoms with Gasteiger partial charge in [-0.2, -0.15) is 0 Å². The minimum Gasteiger partial charge on any atom is -0.356 e. The van der Waals surface area contributed by atoms with E-state index in [4.69, 9.17) is 0 Å². The number of carbonyl (C=O) groups is 2. The number of carbonyl (C=O) groups excluding carboxylic acids is 2. The van der Waals surface area contributed by atoms with E-state index in [1.54, 1.807) is 0 Å². The Morgan fingerprint density at radius 2 is 2.12 bits per heavy atom. The summed E-state index contributed by atoms with van der Waals surface area (Å²) in [7, 11) is 0. The molecule has 0 aromatic rings. The predicted molar refractivity (Wildman–Crippen MR) is 66.5 cm³/mol. The predicted octanol–water partition coefficient (Wildman–Crippen LogP) is 0.0169. The summed E-state index contributed by atoms with van der Waals surface area (Å²) in [6.45, 7) is 5.99. The second kappa shape index (κ2) is 7.27. The van der Waals surface area contributed by atoms with Gasteiger partial charge in [0.1, 0.15) is 0 Å². The third kappa shape index (κ3) is 5.17. The molecule has 2 atom stereocenters. The van der Waals surface area contributed by atoms with Gasteiger partial charge in [0.05, 0.1) is 6.04 Å². The van der Waals surface area contributed by atoms with Crippen molar-refractivity contribution in [1.82, 2.24) is 16.0 Å². The average molecular weight is 241 g/mol. The molecule has 1 aliphatic heterocycles. The quantitative estimate of drug-likeness (QED) is 0.635. The lowest BCUT2D eigenvalue weighted by atomic mass is 9.94. The molecule has 1 aliphatic rings. The summed E-state index contributed by atoms with van der Waals surface area (Å²) in [6.07, 6.45) is 2.36. The van der Waals surface area contributed by atoms with E-state index in [0.29, 0.717) is 25.4 Å². The zero-order valence-electron chi connectivity index (χ0n) is 10.7. The number of amides is 2. The third-order valence-electron chi connectivity index (χ3n) is 3.01. The summed E-state index contributed by atoms with van der Waals surface area (Å²) in [4.78, 5) is 23.0. The van der Waals surface area contributed by atoms with Crippen molar-refractivity contribution in [2.45, 2.75) is 39.2 Å². The molecule has 5 heteroatoms. The summed E-state index contributed by atoms with van der Waals surface area (Å²) in [5, 5.41) is 8.70. The zero-order valence-corrected chi connectivity index (χ0v) is 10.7. The minimum absolute atomic E-state index is 0.0147. The number of hydrogen-bond donors (Lipinski definition) is 3. The summed E-state index contributed by atoms with van der Waals surface area (Å²) in [6, 6.07) is -0.0898. The van der Waals surface area contributed by atoms with E-state index in [2.05, 4.69) is 22.9 Å². The van der Waals surface area contributed by atoms with Crippen LogP contribution >= 0.6 is 0 Å². The van der Waals surface area contributed by atoms with Crippen LogP contribution in [0.5, 0.6) is 0 Å². The summed E-state index contributed by atoms with van der Waals surface area (Å²) < 4.78 is 0. The molecule has 1 heterocycles. The van der Waals surface area contributed by atoms with Crippen molar-refractivity contribution in [3.63, 3.8) is 0 Å². The normalized spacial score (nSPS) is 24.1. The van der Waals surface area contributed by atoms with Gasteiger partial charge in [0.2, 0.25) is 11.8 Å². The number of nitrogens with one attached hydrogen (secondary N) is 3. The second-order valence-corrected chi connectivity index (χ2v) is 4.63. The summed E-state index contributed by atoms with van der Waals surface area (Å²) >= 11 is 0. The van der Waals surface area contributed by atoms with Crippen molar-refractivity contribution in [2.75, 3.05) is 19.6 Å². The smallest absolute Gasteiger partial charge is 0.237 e. The molecule has 0 aromatic heterocycles. The Balaban J connectivity index is 2.18. The molecular formula is C12H23N3O2. The van der Waals surface area contributed by atoms with Crippen LogP contribution in [0.1, 0.15) is 33.1 Å². The molecule has 0 aromatic carbocycles. The highest BCUT2D eigenvalue weighted by Gasteiger charge is 2.23. The first-order valence-electron chi connectivity index (χ1n) is 6.41. The van der Waals surface area contributed by atoms with Crippen LogP contribution in [-0.4, -0.2) is 37.5 Å². The molecule has 1 rings (SSSR count). The molecule has 3 N–H and O–H groups in total. The van der Waals surface area contributed by atoms with Crippen LogP contribution in [0.25, 0.3) is 0 Å². The Morgan fingerprint density at radius 1 is 1.35 bits per heavy atom. The topological polar surface area (TPSA) is 70.2 Å². The van der Waals surface area contributed by atoms with E-state index < -0.39 is 0 Å². The molecule has 2 unspecified atom stereocenters. The lowest BCUT2D eigenvalue weighted by molar-refractivity contribution is -0.124. The fourth-order valence-corrected chi connectivity index (χ4v) is 2.02. The van der Waals surface area contributed by atoms with Gasteiger partial charge in [0.15, 0.2) is 0 Å². The van der Waals surface area contributed by atoms with Gasteiger partial charge in [-0.05, 0) is 32.2 Å². The van der Waals surface area contributed by atoms with Gasteiger partial charge in [-0.25, -0.2) is 0 Å². The molecule has 0 saturated carbocycles. The summed E-state index contributed by atoms with van der Waals surface area (Å²) in [5.74, 6) is 0.592. The molecule has 98 valence electrons. The standard InChI is InChI=1S/C12H23N3O2/c1-3-13-11(16)5-7-15-12(17)10-8-9(2)4-6-14-10/h9-10,14H,3-8H2,1-2H3,(H,13,16)(H,15,17). The molecule has 1 fully saturated rings. The Kier molecular flexibility index (Phi) is 5.97. The van der Waals surface area contributed by atoms with E-state index in [1.807, 2.05) is 6.92 Å². The van der Waals surface area contributed by atoms with Crippen LogP contribution in [0.4, 0.5) is 0 Å². The van der Waals surface area contributed by atoms with Crippen LogP contribution < -0.4 is 16.0 Å². The van der Waals surface area contributed by atoms with Gasteiger partial charge < -0.3 is 16.0 Å². The fourth-order valence-electron chi connectivity index (χ4n) is 2.02. The highest BCUT2D eigenvalue weighted by atomic mass is 16.2. The van der Waals surface area contributed by atoms with Gasteiger partial charge in [0.25, 0.3) is 0 Å². The highest BCUT2D eigenvalue weighted by Crippen LogP contribution is 2.14. The summed E-state index contributed by atoms with van der Waals surface area (Å²) in [5.41, 5.74) is 0. The first-order chi connectivity index (χ1) is 8.13. The molecule has 0 spiro atoms. The lowest BCUT2D eigenvalue weighted by Crippen LogP contribution is -2.48. The van der Waals surface area contributed by atoms with E-state index in [9.17, 15) is 9.59 Å². The number of hydrogen-bond acceptors (Lipinski definition) is 3. The van der Waals surface area contributed by atoms with Crippen LogP contribution in [0.2, 0.25) is 0 Å². The van der Waals surface area contributed by atoms with Gasteiger partial charge in [-0.1, -0.05) is 6.92 Å². The van der Waals surface area contributed by atoms with E-state index in [-0.39, 0.29) is 17.9 Å². The van der Waals surface area contributed by atoms with Gasteiger partial charge in [-0.15, -0.1) is 0 Å². The van der Waals surface area contributed by atoms with Crippen molar-refractivity contribution in [1.29, 1.82) is 0 Å². The maximum absolute atomic E-state index is 11.8. The Morgan fingerprint density at radius 3 is 2.76 bits per heavy atom. The molecule has 5 nitrogen and oxygen atoms in total. The molecule has 17 heavy (non-hydrogen) atoms. The van der Waals surface area contributed by atoms with Gasteiger partial charge in [0, 0.05) is 19.5 Å². The highest BCUT2D eigenvalue weighted by molar-refractivity contribution is 5.82. The number of rotatable bonds is 5. The van der Waals surface area contributed by atoms with Crippen molar-refractivity contribution in [2.24, 2.45) is 5.92 Å². The maximum Gasteiger partial charge on any atom is 0.237 e. The van der Waals surface area contributed by atoms with Crippen LogP contribution in [0.15, 0.2) is 0 Å². The van der Waals surface area contributed by atoms with Gasteiger partial charge >= 0.3 is 0 Å². The zero-order chi connectivity index (χ0) is 12.7. The van der Waals surface area contributed by atoms with Crippen molar-refractivity contribution < 1.29 is 9.59 Å². The SMILES string of the molecule is CCNC(=O)CCNC(=O)C1CC(C)CCN1. The van der Waals surface area contributed by atoms with Crippen molar-refractivity contribution in [3.05, 3.63) is 0 Å².